The Labute approximate surface area is 154 Å². The third kappa shape index (κ3) is 3.23. The van der Waals surface area contributed by atoms with Crippen LogP contribution in [0.25, 0.3) is 20.7 Å². The third-order valence-corrected chi connectivity index (χ3v) is 5.55. The summed E-state index contributed by atoms with van der Waals surface area (Å²) < 4.78 is 2.71. The number of nitrogens with zero attached hydrogens (tertiary/aromatic N) is 2. The maximum atomic E-state index is 12.2. The second-order valence-electron chi connectivity index (χ2n) is 6.00. The molecule has 0 aliphatic rings. The van der Waals surface area contributed by atoms with E-state index in [0.29, 0.717) is 16.3 Å². The van der Waals surface area contributed by atoms with E-state index < -0.39 is 0 Å². The lowest BCUT2D eigenvalue weighted by Gasteiger charge is -2.07. The van der Waals surface area contributed by atoms with Crippen molar-refractivity contribution in [3.8, 4) is 10.4 Å². The predicted molar refractivity (Wildman–Crippen MR) is 105 cm³/mol. The van der Waals surface area contributed by atoms with Gasteiger partial charge in [-0.05, 0) is 36.2 Å². The number of fused-ring (bicyclic) bond motifs is 1. The molecule has 2 heterocycles. The minimum atomic E-state index is -0.180. The van der Waals surface area contributed by atoms with Gasteiger partial charge in [-0.3, -0.25) is 4.79 Å². The molecule has 0 fully saturated rings. The summed E-state index contributed by atoms with van der Waals surface area (Å²) >= 11 is 7.44. The van der Waals surface area contributed by atoms with Crippen molar-refractivity contribution in [1.82, 2.24) is 9.55 Å². The number of aromatic nitrogens is 2. The van der Waals surface area contributed by atoms with Crippen molar-refractivity contribution in [3.05, 3.63) is 87.4 Å². The first kappa shape index (κ1) is 16.1. The molecule has 2 aromatic carbocycles. The maximum Gasteiger partial charge on any atom is 0.290 e. The maximum absolute atomic E-state index is 12.2. The summed E-state index contributed by atoms with van der Waals surface area (Å²) in [4.78, 5) is 17.3. The molecule has 0 bridgehead atoms. The summed E-state index contributed by atoms with van der Waals surface area (Å²) in [6.45, 7) is 2.75. The Morgan fingerprint density at radius 1 is 1.08 bits per heavy atom. The highest BCUT2D eigenvalue weighted by Crippen LogP contribution is 2.32. The van der Waals surface area contributed by atoms with Gasteiger partial charge in [0.15, 0.2) is 0 Å². The van der Waals surface area contributed by atoms with Gasteiger partial charge in [0.25, 0.3) is 5.56 Å². The lowest BCUT2D eigenvalue weighted by molar-refractivity contribution is 0.799. The number of aryl methyl sites for hydroxylation is 1. The summed E-state index contributed by atoms with van der Waals surface area (Å²) in [5.74, 6) is 0. The summed E-state index contributed by atoms with van der Waals surface area (Å²) in [6.07, 6.45) is 1.63. The van der Waals surface area contributed by atoms with Crippen LogP contribution in [0, 0.1) is 6.92 Å². The van der Waals surface area contributed by atoms with Crippen LogP contribution in [-0.2, 0) is 6.54 Å². The fourth-order valence-corrected chi connectivity index (χ4v) is 3.95. The molecule has 0 saturated carbocycles. The van der Waals surface area contributed by atoms with Gasteiger partial charge in [-0.15, -0.1) is 11.3 Å². The normalized spacial score (nSPS) is 11.1. The SMILES string of the molecule is Cc1ccc(Cn2cnc(=O)c3sc(-c4ccc(Cl)cc4)cc32)cc1. The Kier molecular flexibility index (Phi) is 4.15. The Morgan fingerprint density at radius 3 is 2.52 bits per heavy atom. The molecule has 0 radical (unpaired) electrons. The van der Waals surface area contributed by atoms with Crippen molar-refractivity contribution < 1.29 is 0 Å². The average molecular weight is 367 g/mol. The largest absolute Gasteiger partial charge is 0.326 e. The van der Waals surface area contributed by atoms with Gasteiger partial charge in [-0.2, -0.15) is 4.98 Å². The molecule has 0 aliphatic carbocycles. The van der Waals surface area contributed by atoms with Gasteiger partial charge in [-0.25, -0.2) is 0 Å². The zero-order valence-corrected chi connectivity index (χ0v) is 15.1. The molecule has 124 valence electrons. The van der Waals surface area contributed by atoms with Crippen molar-refractivity contribution in [2.24, 2.45) is 0 Å². The molecule has 0 atom stereocenters. The molecule has 4 aromatic rings. The van der Waals surface area contributed by atoms with Crippen LogP contribution in [-0.4, -0.2) is 9.55 Å². The summed E-state index contributed by atoms with van der Waals surface area (Å²) in [7, 11) is 0. The molecule has 0 aliphatic heterocycles. The fourth-order valence-electron chi connectivity index (χ4n) is 2.76. The highest BCUT2D eigenvalue weighted by Gasteiger charge is 2.11. The molecular weight excluding hydrogens is 352 g/mol. The average Bonchev–Trinajstić information content (AvgIpc) is 3.06. The van der Waals surface area contributed by atoms with Crippen LogP contribution >= 0.6 is 22.9 Å². The van der Waals surface area contributed by atoms with Crippen LogP contribution in [0.15, 0.2) is 65.7 Å². The summed E-state index contributed by atoms with van der Waals surface area (Å²) in [6, 6.07) is 18.1. The first-order valence-corrected chi connectivity index (χ1v) is 9.10. The zero-order chi connectivity index (χ0) is 17.4. The molecule has 0 unspecified atom stereocenters. The van der Waals surface area contributed by atoms with Crippen LogP contribution in [0.3, 0.4) is 0 Å². The Morgan fingerprint density at radius 2 is 1.80 bits per heavy atom. The van der Waals surface area contributed by atoms with Gasteiger partial charge in [0, 0.05) is 16.4 Å². The van der Waals surface area contributed by atoms with E-state index >= 15 is 0 Å². The molecule has 3 nitrogen and oxygen atoms in total. The number of hydrogen-bond donors (Lipinski definition) is 0. The standard InChI is InChI=1S/C20H15ClN2OS/c1-13-2-4-14(5-3-13)11-23-12-22-20(24)19-17(23)10-18(25-19)15-6-8-16(21)9-7-15/h2-10,12H,11H2,1H3. The molecule has 4 rings (SSSR count). The van der Waals surface area contributed by atoms with Crippen LogP contribution in [0.4, 0.5) is 0 Å². The van der Waals surface area contributed by atoms with Crippen molar-refractivity contribution in [2.75, 3.05) is 0 Å². The third-order valence-electron chi connectivity index (χ3n) is 4.13. The summed E-state index contributed by atoms with van der Waals surface area (Å²) in [5.41, 5.74) is 4.19. The van der Waals surface area contributed by atoms with E-state index in [1.54, 1.807) is 6.33 Å². The number of halogens is 1. The van der Waals surface area contributed by atoms with Crippen molar-refractivity contribution >= 4 is 33.2 Å². The quantitative estimate of drug-likeness (QED) is 0.503. The molecule has 2 aromatic heterocycles. The van der Waals surface area contributed by atoms with Crippen LogP contribution in [0.2, 0.25) is 5.02 Å². The second-order valence-corrected chi connectivity index (χ2v) is 7.48. The van der Waals surface area contributed by atoms with Gasteiger partial charge >= 0.3 is 0 Å². The van der Waals surface area contributed by atoms with Crippen LogP contribution in [0.1, 0.15) is 11.1 Å². The van der Waals surface area contributed by atoms with E-state index in [-0.39, 0.29) is 5.56 Å². The van der Waals surface area contributed by atoms with Crippen LogP contribution in [0.5, 0.6) is 0 Å². The predicted octanol–water partition coefficient (Wildman–Crippen LogP) is 5.14. The molecule has 25 heavy (non-hydrogen) atoms. The van der Waals surface area contributed by atoms with Gasteiger partial charge < -0.3 is 4.57 Å². The van der Waals surface area contributed by atoms with Crippen LogP contribution < -0.4 is 5.56 Å². The van der Waals surface area contributed by atoms with E-state index in [4.69, 9.17) is 11.6 Å². The van der Waals surface area contributed by atoms with Crippen molar-refractivity contribution in [3.63, 3.8) is 0 Å². The Hall–Kier alpha value is -2.43. The minimum absolute atomic E-state index is 0.180. The highest BCUT2D eigenvalue weighted by molar-refractivity contribution is 7.22. The second kappa shape index (κ2) is 6.47. The van der Waals surface area contributed by atoms with Gasteiger partial charge in [0.2, 0.25) is 0 Å². The minimum Gasteiger partial charge on any atom is -0.326 e. The van der Waals surface area contributed by atoms with Gasteiger partial charge in [-0.1, -0.05) is 53.6 Å². The van der Waals surface area contributed by atoms with Crippen molar-refractivity contribution in [2.45, 2.75) is 13.5 Å². The molecule has 0 saturated heterocycles. The first-order valence-electron chi connectivity index (χ1n) is 7.90. The highest BCUT2D eigenvalue weighted by atomic mass is 35.5. The molecule has 5 heteroatoms. The smallest absolute Gasteiger partial charge is 0.290 e. The van der Waals surface area contributed by atoms with E-state index in [2.05, 4.69) is 42.2 Å². The van der Waals surface area contributed by atoms with E-state index in [1.165, 1.54) is 22.5 Å². The Bertz CT molecular complexity index is 1100. The number of thiophene rings is 1. The molecule has 0 spiro atoms. The molecule has 0 N–H and O–H groups in total. The number of rotatable bonds is 3. The molecular formula is C20H15ClN2OS. The van der Waals surface area contributed by atoms with E-state index in [9.17, 15) is 4.79 Å². The monoisotopic (exact) mass is 366 g/mol. The number of benzene rings is 2. The zero-order valence-electron chi connectivity index (χ0n) is 13.6. The topological polar surface area (TPSA) is 34.9 Å². The lowest BCUT2D eigenvalue weighted by atomic mass is 10.1. The van der Waals surface area contributed by atoms with E-state index in [0.717, 1.165) is 16.0 Å². The fraction of sp³-hybridized carbons (Fsp3) is 0.100. The van der Waals surface area contributed by atoms with Crippen molar-refractivity contribution in [1.29, 1.82) is 0 Å². The lowest BCUT2D eigenvalue weighted by Crippen LogP contribution is -2.11. The van der Waals surface area contributed by atoms with Gasteiger partial charge in [0.05, 0.1) is 11.8 Å². The number of hydrogen-bond acceptors (Lipinski definition) is 3. The first-order chi connectivity index (χ1) is 12.1. The van der Waals surface area contributed by atoms with E-state index in [1.807, 2.05) is 28.8 Å². The Balaban J connectivity index is 1.80. The van der Waals surface area contributed by atoms with Gasteiger partial charge in [0.1, 0.15) is 4.70 Å². The molecule has 0 amide bonds. The summed E-state index contributed by atoms with van der Waals surface area (Å²) in [5, 5.41) is 0.700.